The molecule has 0 aromatic rings. The lowest BCUT2D eigenvalue weighted by Crippen LogP contribution is -2.30. The molecule has 0 aromatic heterocycles. The Kier molecular flexibility index (Phi) is 59.0. The van der Waals surface area contributed by atoms with E-state index in [4.69, 9.17) is 37.0 Å². The van der Waals surface area contributed by atoms with Crippen molar-refractivity contribution in [3.63, 3.8) is 0 Å². The van der Waals surface area contributed by atoms with E-state index >= 15 is 0 Å². The Bertz CT molecular complexity index is 1700. The van der Waals surface area contributed by atoms with Gasteiger partial charge in [0.05, 0.1) is 26.4 Å². The van der Waals surface area contributed by atoms with Crippen molar-refractivity contribution in [3.05, 3.63) is 0 Å². The van der Waals surface area contributed by atoms with Crippen molar-refractivity contribution < 1.29 is 80.2 Å². The first-order valence-electron chi connectivity index (χ1n) is 35.5. The van der Waals surface area contributed by atoms with E-state index in [0.29, 0.717) is 25.7 Å². The van der Waals surface area contributed by atoms with E-state index < -0.39 is 97.5 Å². The topological polar surface area (TPSA) is 237 Å². The molecule has 0 saturated carbocycles. The molecule has 2 unspecified atom stereocenters. The highest BCUT2D eigenvalue weighted by molar-refractivity contribution is 7.47. The summed E-state index contributed by atoms with van der Waals surface area (Å²) in [4.78, 5) is 72.2. The fourth-order valence-electron chi connectivity index (χ4n) is 10.2. The van der Waals surface area contributed by atoms with Crippen molar-refractivity contribution in [1.29, 1.82) is 0 Å². The number of aliphatic hydroxyl groups is 1. The van der Waals surface area contributed by atoms with Crippen LogP contribution in [0.15, 0.2) is 0 Å². The Balaban J connectivity index is 5.15. The standard InChI is InChI=1S/C68H132O17P2/c1-7-9-11-13-14-15-16-17-18-19-20-21-22-23-28-34-40-46-52-67(72)85-64(57-79-66(71)51-45-39-33-27-25-24-26-31-37-42-48-60(3)4)59-83-87(76,77)81-55-62(69)54-80-86(74,75)82-58-63(56-78-65(70)50-44-36-12-10-8-2)84-68(73)53-47-41-35-30-29-32-38-43-49-61(5)6/h60-64,69H,7-59H2,1-6H3,(H,74,75)(H,76,77)/t62-,63+,64+/m0/s1. The number of aliphatic hydroxyl groups excluding tert-OH is 1. The van der Waals surface area contributed by atoms with Crippen molar-refractivity contribution in [3.8, 4) is 0 Å². The van der Waals surface area contributed by atoms with Gasteiger partial charge >= 0.3 is 39.5 Å². The molecular weight excluding hydrogens is 1150 g/mol. The summed E-state index contributed by atoms with van der Waals surface area (Å²) < 4.78 is 68.0. The van der Waals surface area contributed by atoms with Gasteiger partial charge in [0.15, 0.2) is 12.2 Å². The molecule has 0 aliphatic carbocycles. The van der Waals surface area contributed by atoms with Crippen molar-refractivity contribution in [2.45, 2.75) is 362 Å². The predicted octanol–water partition coefficient (Wildman–Crippen LogP) is 19.2. The number of ether oxygens (including phenoxy) is 4. The molecule has 0 aliphatic heterocycles. The summed E-state index contributed by atoms with van der Waals surface area (Å²) in [6.45, 7) is 9.40. The van der Waals surface area contributed by atoms with Crippen molar-refractivity contribution >= 4 is 39.5 Å². The van der Waals surface area contributed by atoms with Crippen LogP contribution < -0.4 is 0 Å². The third-order valence-corrected chi connectivity index (χ3v) is 17.6. The second-order valence-corrected chi connectivity index (χ2v) is 28.4. The van der Waals surface area contributed by atoms with Crippen LogP contribution in [0.4, 0.5) is 0 Å². The van der Waals surface area contributed by atoms with Gasteiger partial charge in [-0.2, -0.15) is 0 Å². The molecule has 0 aromatic carbocycles. The maximum Gasteiger partial charge on any atom is 0.472 e. The normalized spacial score (nSPS) is 14.2. The average Bonchev–Trinajstić information content (AvgIpc) is 3.69. The van der Waals surface area contributed by atoms with Crippen LogP contribution in [-0.2, 0) is 65.4 Å². The van der Waals surface area contributed by atoms with Crippen LogP contribution in [0.5, 0.6) is 0 Å². The quantitative estimate of drug-likeness (QED) is 0.0222. The lowest BCUT2D eigenvalue weighted by molar-refractivity contribution is -0.161. The van der Waals surface area contributed by atoms with Gasteiger partial charge in [-0.25, -0.2) is 9.13 Å². The van der Waals surface area contributed by atoms with Gasteiger partial charge in [0, 0.05) is 25.7 Å². The lowest BCUT2D eigenvalue weighted by atomic mass is 10.0. The molecule has 0 spiro atoms. The van der Waals surface area contributed by atoms with Crippen LogP contribution in [0.1, 0.15) is 343 Å². The van der Waals surface area contributed by atoms with E-state index in [0.717, 1.165) is 108 Å². The fraction of sp³-hybridized carbons (Fsp3) is 0.941. The highest BCUT2D eigenvalue weighted by Crippen LogP contribution is 2.45. The zero-order valence-corrected chi connectivity index (χ0v) is 58.1. The molecule has 5 atom stereocenters. The molecule has 0 fully saturated rings. The van der Waals surface area contributed by atoms with Crippen molar-refractivity contribution in [2.75, 3.05) is 39.6 Å². The number of carbonyl (C=O) groups excluding carboxylic acids is 4. The Morgan fingerprint density at radius 2 is 0.529 bits per heavy atom. The minimum Gasteiger partial charge on any atom is -0.462 e. The molecule has 516 valence electrons. The van der Waals surface area contributed by atoms with Gasteiger partial charge in [-0.15, -0.1) is 0 Å². The van der Waals surface area contributed by atoms with Crippen molar-refractivity contribution in [2.24, 2.45) is 11.8 Å². The number of hydrogen-bond donors (Lipinski definition) is 3. The molecule has 19 heteroatoms. The number of carbonyl (C=O) groups is 4. The lowest BCUT2D eigenvalue weighted by Gasteiger charge is -2.21. The largest absolute Gasteiger partial charge is 0.472 e. The van der Waals surface area contributed by atoms with Gasteiger partial charge in [-0.05, 0) is 37.5 Å². The second kappa shape index (κ2) is 60.3. The molecule has 3 N–H and O–H groups in total. The van der Waals surface area contributed by atoms with Crippen LogP contribution in [0.3, 0.4) is 0 Å². The highest BCUT2D eigenvalue weighted by atomic mass is 31.2. The van der Waals surface area contributed by atoms with Crippen LogP contribution in [0, 0.1) is 11.8 Å². The van der Waals surface area contributed by atoms with E-state index in [-0.39, 0.29) is 25.7 Å². The van der Waals surface area contributed by atoms with E-state index in [2.05, 4.69) is 41.5 Å². The molecule has 0 rings (SSSR count). The van der Waals surface area contributed by atoms with Crippen LogP contribution in [0.2, 0.25) is 0 Å². The first kappa shape index (κ1) is 85.1. The van der Waals surface area contributed by atoms with Gasteiger partial charge in [-0.1, -0.05) is 292 Å². The number of hydrogen-bond acceptors (Lipinski definition) is 15. The SMILES string of the molecule is CCCCCCCCCCCCCCCCCCCCC(=O)O[C@H](COC(=O)CCCCCCCCCCCCC(C)C)COP(=O)(O)OC[C@@H](O)COP(=O)(O)OC[C@@H](COC(=O)CCCCCCC)OC(=O)CCCCCCCCCCC(C)C. The fourth-order valence-corrected chi connectivity index (χ4v) is 11.8. The molecule has 0 aliphatic rings. The summed E-state index contributed by atoms with van der Waals surface area (Å²) in [6.07, 6.45) is 44.9. The van der Waals surface area contributed by atoms with E-state index in [1.54, 1.807) is 0 Å². The maximum atomic E-state index is 13.0. The minimum absolute atomic E-state index is 0.103. The summed E-state index contributed by atoms with van der Waals surface area (Å²) in [5.74, 6) is -0.662. The van der Waals surface area contributed by atoms with Gasteiger partial charge in [-0.3, -0.25) is 37.3 Å². The van der Waals surface area contributed by atoms with E-state index in [1.807, 2.05) is 0 Å². The van der Waals surface area contributed by atoms with Crippen LogP contribution in [0.25, 0.3) is 0 Å². The first-order chi connectivity index (χ1) is 41.9. The molecule has 0 radical (unpaired) electrons. The Labute approximate surface area is 530 Å². The number of esters is 4. The third kappa shape index (κ3) is 62.6. The van der Waals surface area contributed by atoms with Crippen molar-refractivity contribution in [1.82, 2.24) is 0 Å². The van der Waals surface area contributed by atoms with Crippen LogP contribution in [-0.4, -0.2) is 96.7 Å². The minimum atomic E-state index is -4.95. The third-order valence-electron chi connectivity index (χ3n) is 15.7. The number of unbranched alkanes of at least 4 members (excludes halogenated alkanes) is 37. The molecule has 0 heterocycles. The first-order valence-corrected chi connectivity index (χ1v) is 38.5. The zero-order valence-electron chi connectivity index (χ0n) is 56.3. The number of phosphoric ester groups is 2. The molecule has 0 amide bonds. The average molecular weight is 1280 g/mol. The molecule has 0 bridgehead atoms. The van der Waals surface area contributed by atoms with E-state index in [9.17, 15) is 43.2 Å². The van der Waals surface area contributed by atoms with Crippen LogP contribution >= 0.6 is 15.6 Å². The Morgan fingerprint density at radius 1 is 0.310 bits per heavy atom. The summed E-state index contributed by atoms with van der Waals surface area (Å²) in [6, 6.07) is 0. The predicted molar refractivity (Wildman–Crippen MR) is 349 cm³/mol. The zero-order chi connectivity index (χ0) is 64.3. The van der Waals surface area contributed by atoms with E-state index in [1.165, 1.54) is 154 Å². The molecule has 87 heavy (non-hydrogen) atoms. The summed E-state index contributed by atoms with van der Waals surface area (Å²) in [5.41, 5.74) is 0. The molecule has 17 nitrogen and oxygen atoms in total. The second-order valence-electron chi connectivity index (χ2n) is 25.5. The van der Waals surface area contributed by atoms with Gasteiger partial charge < -0.3 is 33.8 Å². The van der Waals surface area contributed by atoms with Gasteiger partial charge in [0.25, 0.3) is 0 Å². The van der Waals surface area contributed by atoms with Gasteiger partial charge in [0.1, 0.15) is 19.3 Å². The monoisotopic (exact) mass is 1280 g/mol. The number of rotatable bonds is 67. The summed E-state index contributed by atoms with van der Waals surface area (Å²) in [5, 5.41) is 10.5. The highest BCUT2D eigenvalue weighted by Gasteiger charge is 2.30. The summed E-state index contributed by atoms with van der Waals surface area (Å²) >= 11 is 0. The molecule has 0 saturated heterocycles. The maximum absolute atomic E-state index is 13.0. The number of phosphoric acid groups is 2. The Morgan fingerprint density at radius 3 is 0.782 bits per heavy atom. The van der Waals surface area contributed by atoms with Gasteiger partial charge in [0.2, 0.25) is 0 Å². The Hall–Kier alpha value is -1.94. The smallest absolute Gasteiger partial charge is 0.462 e. The molecular formula is C68H132O17P2. The summed E-state index contributed by atoms with van der Waals surface area (Å²) in [7, 11) is -9.89.